The quantitative estimate of drug-likeness (QED) is 0.296. The van der Waals surface area contributed by atoms with Gasteiger partial charge in [0.05, 0.1) is 10.0 Å². The molecule has 1 saturated carbocycles. The van der Waals surface area contributed by atoms with E-state index in [2.05, 4.69) is 34.4 Å². The molecule has 0 aliphatic heterocycles. The smallest absolute Gasteiger partial charge is 0.220 e. The van der Waals surface area contributed by atoms with Crippen molar-refractivity contribution in [2.24, 2.45) is 11.5 Å². The summed E-state index contributed by atoms with van der Waals surface area (Å²) in [5.41, 5.74) is 11.8. The number of rotatable bonds is 4. The number of aryl methyl sites for hydroxylation is 1. The summed E-state index contributed by atoms with van der Waals surface area (Å²) in [6.45, 7) is 6.17. The van der Waals surface area contributed by atoms with Crippen LogP contribution in [0.5, 0.6) is 11.6 Å². The molecule has 0 unspecified atom stereocenters. The third kappa shape index (κ3) is 6.88. The SMILES string of the molecule is C=O.CN.Cc1nc2ccc(Oc3ccc(F)c(-c4cccc(C5(C)CCC5)c4Cl)c3)nc2s1.NC=O. The molecule has 1 fully saturated rings. The van der Waals surface area contributed by atoms with Crippen molar-refractivity contribution < 1.29 is 18.7 Å². The van der Waals surface area contributed by atoms with E-state index in [4.69, 9.17) is 25.9 Å². The van der Waals surface area contributed by atoms with Crippen LogP contribution in [0, 0.1) is 12.7 Å². The third-order valence-electron chi connectivity index (χ3n) is 5.89. The van der Waals surface area contributed by atoms with Crippen LogP contribution in [0.4, 0.5) is 4.39 Å². The highest BCUT2D eigenvalue weighted by Gasteiger charge is 2.35. The highest BCUT2D eigenvalue weighted by molar-refractivity contribution is 7.18. The minimum Gasteiger partial charge on any atom is -0.439 e. The first kappa shape index (κ1) is 29.8. The van der Waals surface area contributed by atoms with Crippen LogP contribution in [-0.2, 0) is 15.0 Å². The molecule has 5 rings (SSSR count). The predicted octanol–water partition coefficient (Wildman–Crippen LogP) is 6.18. The Morgan fingerprint density at radius 3 is 2.41 bits per heavy atom. The number of aromatic nitrogens is 2. The van der Waals surface area contributed by atoms with E-state index in [9.17, 15) is 4.39 Å². The van der Waals surface area contributed by atoms with Gasteiger partial charge in [0.25, 0.3) is 0 Å². The van der Waals surface area contributed by atoms with E-state index in [1.807, 2.05) is 31.9 Å². The lowest BCUT2D eigenvalue weighted by atomic mass is 9.66. The first-order valence-corrected chi connectivity index (χ1v) is 12.6. The maximum Gasteiger partial charge on any atom is 0.220 e. The fraction of sp³-hybridized carbons (Fsp3) is 0.259. The molecule has 2 heterocycles. The summed E-state index contributed by atoms with van der Waals surface area (Å²) in [5, 5.41) is 1.57. The number of thiazole rings is 1. The molecule has 1 aliphatic rings. The molecule has 4 aromatic rings. The number of ether oxygens (including phenoxy) is 1. The second-order valence-corrected chi connectivity index (χ2v) is 9.73. The third-order valence-corrected chi connectivity index (χ3v) is 7.18. The van der Waals surface area contributed by atoms with E-state index in [0.717, 1.165) is 33.8 Å². The molecule has 0 radical (unpaired) electrons. The van der Waals surface area contributed by atoms with Crippen molar-refractivity contribution in [1.82, 2.24) is 9.97 Å². The molecule has 2 aromatic heterocycles. The molecular formula is C27H30ClFN4O3S. The van der Waals surface area contributed by atoms with Gasteiger partial charge in [-0.15, -0.1) is 0 Å². The number of halogens is 2. The number of pyridine rings is 1. The summed E-state index contributed by atoms with van der Waals surface area (Å²) >= 11 is 8.28. The number of amides is 1. The van der Waals surface area contributed by atoms with Crippen LogP contribution in [0.3, 0.4) is 0 Å². The molecular weight excluding hydrogens is 515 g/mol. The highest BCUT2D eigenvalue weighted by atomic mass is 35.5. The van der Waals surface area contributed by atoms with Gasteiger partial charge in [-0.3, -0.25) is 4.79 Å². The summed E-state index contributed by atoms with van der Waals surface area (Å²) in [4.78, 5) is 26.3. The number of carbonyl (C=O) groups excluding carboxylic acids is 2. The first-order chi connectivity index (χ1) is 17.8. The van der Waals surface area contributed by atoms with Crippen molar-refractivity contribution in [2.75, 3.05) is 7.05 Å². The number of fused-ring (bicyclic) bond motifs is 1. The summed E-state index contributed by atoms with van der Waals surface area (Å²) in [7, 11) is 1.50. The topological polar surface area (TPSA) is 121 Å². The number of carbonyl (C=O) groups is 2. The molecule has 196 valence electrons. The standard InChI is InChI=1S/C24H20ClFN2OS.CH3NO.CH5N.CH2O/c1-14-27-20-9-10-21(28-23(20)30-14)29-15-7-8-19(26)17(13-15)16-5-3-6-18(22(16)25)24(2)11-4-12-24;2-1-3;2*1-2/h3,5-10,13H,4,11-12H2,1-2H3;1H,(H2,2,3);2H2,1H3;1H2. The van der Waals surface area contributed by atoms with Crippen LogP contribution in [0.2, 0.25) is 5.02 Å². The van der Waals surface area contributed by atoms with E-state index in [1.165, 1.54) is 30.9 Å². The van der Waals surface area contributed by atoms with E-state index in [-0.39, 0.29) is 17.6 Å². The molecule has 37 heavy (non-hydrogen) atoms. The van der Waals surface area contributed by atoms with Crippen molar-refractivity contribution in [3.05, 3.63) is 69.9 Å². The van der Waals surface area contributed by atoms with Gasteiger partial charge in [-0.05, 0) is 62.1 Å². The Kier molecular flexibility index (Phi) is 11.1. The minimum absolute atomic E-state index is 0.0733. The summed E-state index contributed by atoms with van der Waals surface area (Å²) in [6.07, 6.45) is 3.66. The van der Waals surface area contributed by atoms with Gasteiger partial charge in [-0.2, -0.15) is 0 Å². The van der Waals surface area contributed by atoms with E-state index in [1.54, 1.807) is 18.2 Å². The van der Waals surface area contributed by atoms with Crippen LogP contribution in [0.25, 0.3) is 21.5 Å². The van der Waals surface area contributed by atoms with Crippen LogP contribution in [-0.4, -0.2) is 30.2 Å². The molecule has 7 nitrogen and oxygen atoms in total. The van der Waals surface area contributed by atoms with E-state index < -0.39 is 0 Å². The Bertz CT molecular complexity index is 1340. The summed E-state index contributed by atoms with van der Waals surface area (Å²) in [6, 6.07) is 14.2. The van der Waals surface area contributed by atoms with E-state index >= 15 is 0 Å². The van der Waals surface area contributed by atoms with Gasteiger partial charge in [0.1, 0.15) is 28.7 Å². The average Bonchev–Trinajstić information content (AvgIpc) is 3.26. The minimum atomic E-state index is -0.332. The normalized spacial score (nSPS) is 12.9. The van der Waals surface area contributed by atoms with Gasteiger partial charge in [-0.25, -0.2) is 14.4 Å². The second kappa shape index (κ2) is 13.8. The Morgan fingerprint density at radius 2 is 1.78 bits per heavy atom. The molecule has 0 saturated heterocycles. The predicted molar refractivity (Wildman–Crippen MR) is 148 cm³/mol. The lowest BCUT2D eigenvalue weighted by Gasteiger charge is -2.39. The lowest BCUT2D eigenvalue weighted by Crippen LogP contribution is -2.30. The van der Waals surface area contributed by atoms with Crippen molar-refractivity contribution in [3.63, 3.8) is 0 Å². The summed E-state index contributed by atoms with van der Waals surface area (Å²) in [5.74, 6) is 0.628. The maximum absolute atomic E-state index is 14.8. The van der Waals surface area contributed by atoms with Crippen molar-refractivity contribution in [2.45, 2.75) is 38.5 Å². The van der Waals surface area contributed by atoms with Crippen LogP contribution in [0.15, 0.2) is 48.5 Å². The van der Waals surface area contributed by atoms with E-state index in [0.29, 0.717) is 27.8 Å². The zero-order valence-electron chi connectivity index (χ0n) is 21.0. The molecule has 2 aromatic carbocycles. The van der Waals surface area contributed by atoms with Gasteiger partial charge >= 0.3 is 0 Å². The molecule has 4 N–H and O–H groups in total. The Balaban J connectivity index is 0.000000630. The zero-order valence-corrected chi connectivity index (χ0v) is 22.5. The second-order valence-electron chi connectivity index (χ2n) is 8.17. The lowest BCUT2D eigenvalue weighted by molar-refractivity contribution is -0.107. The Labute approximate surface area is 224 Å². The molecule has 10 heteroatoms. The van der Waals surface area contributed by atoms with Crippen molar-refractivity contribution in [1.29, 1.82) is 0 Å². The van der Waals surface area contributed by atoms with Gasteiger partial charge in [0.2, 0.25) is 12.3 Å². The number of primary amides is 1. The maximum atomic E-state index is 14.8. The van der Waals surface area contributed by atoms with Crippen molar-refractivity contribution in [3.8, 4) is 22.8 Å². The fourth-order valence-electron chi connectivity index (χ4n) is 4.04. The number of benzene rings is 2. The van der Waals surface area contributed by atoms with Gasteiger partial charge in [-0.1, -0.05) is 54.5 Å². The van der Waals surface area contributed by atoms with Crippen LogP contribution < -0.4 is 16.2 Å². The van der Waals surface area contributed by atoms with Gasteiger partial charge in [0, 0.05) is 17.2 Å². The first-order valence-electron chi connectivity index (χ1n) is 11.4. The van der Waals surface area contributed by atoms with Crippen molar-refractivity contribution >= 4 is 46.5 Å². The van der Waals surface area contributed by atoms with Crippen LogP contribution >= 0.6 is 22.9 Å². The van der Waals surface area contributed by atoms with Gasteiger partial charge in [0.15, 0.2) is 0 Å². The number of nitrogens with zero attached hydrogens (tertiary/aromatic N) is 2. The largest absolute Gasteiger partial charge is 0.439 e. The molecule has 0 atom stereocenters. The Hall–Kier alpha value is -3.40. The fourth-order valence-corrected chi connectivity index (χ4v) is 5.28. The molecule has 0 spiro atoms. The monoisotopic (exact) mass is 544 g/mol. The molecule has 1 aliphatic carbocycles. The van der Waals surface area contributed by atoms with Crippen LogP contribution in [0.1, 0.15) is 36.8 Å². The average molecular weight is 545 g/mol. The molecule has 0 bridgehead atoms. The summed E-state index contributed by atoms with van der Waals surface area (Å²) < 4.78 is 20.7. The Morgan fingerprint density at radius 1 is 1.11 bits per heavy atom. The number of nitrogens with two attached hydrogens (primary N) is 2. The van der Waals surface area contributed by atoms with Gasteiger partial charge < -0.3 is 21.0 Å². The number of hydrogen-bond acceptors (Lipinski definition) is 7. The molecule has 1 amide bonds. The number of hydrogen-bond donors (Lipinski definition) is 2. The highest BCUT2D eigenvalue weighted by Crippen LogP contribution is 2.48. The zero-order chi connectivity index (χ0) is 27.6.